The van der Waals surface area contributed by atoms with Crippen LogP contribution in [0.3, 0.4) is 0 Å². The topological polar surface area (TPSA) is 79.7 Å². The summed E-state index contributed by atoms with van der Waals surface area (Å²) < 4.78 is 5.43. The first-order chi connectivity index (χ1) is 15.8. The van der Waals surface area contributed by atoms with Crippen LogP contribution < -0.4 is 9.64 Å². The molecule has 6 nitrogen and oxygen atoms in total. The predicted molar refractivity (Wildman–Crippen MR) is 128 cm³/mol. The highest BCUT2D eigenvalue weighted by Crippen LogP contribution is 2.42. The molecule has 7 heteroatoms. The van der Waals surface area contributed by atoms with Gasteiger partial charge in [0.25, 0.3) is 11.7 Å². The van der Waals surface area contributed by atoms with E-state index in [0.717, 1.165) is 5.56 Å². The maximum Gasteiger partial charge on any atom is 0.300 e. The third kappa shape index (κ3) is 4.10. The Morgan fingerprint density at radius 2 is 1.85 bits per heavy atom. The van der Waals surface area contributed by atoms with Crippen LogP contribution in [0.1, 0.15) is 42.5 Å². The van der Waals surface area contributed by atoms with Gasteiger partial charge < -0.3 is 9.84 Å². The van der Waals surface area contributed by atoms with E-state index in [1.807, 2.05) is 13.8 Å². The highest BCUT2D eigenvalue weighted by Gasteiger charge is 2.47. The normalized spacial score (nSPS) is 17.6. The van der Waals surface area contributed by atoms with E-state index in [1.165, 1.54) is 4.90 Å². The number of hydrogen-bond donors (Lipinski definition) is 1. The number of aliphatic hydroxyl groups excluding tert-OH is 1. The molecule has 0 bridgehead atoms. The van der Waals surface area contributed by atoms with Crippen molar-refractivity contribution < 1.29 is 19.4 Å². The van der Waals surface area contributed by atoms with Gasteiger partial charge in [0.1, 0.15) is 11.5 Å². The van der Waals surface area contributed by atoms with E-state index in [4.69, 9.17) is 16.3 Å². The lowest BCUT2D eigenvalue weighted by atomic mass is 9.93. The van der Waals surface area contributed by atoms with E-state index in [0.29, 0.717) is 27.6 Å². The van der Waals surface area contributed by atoms with Gasteiger partial charge in [-0.1, -0.05) is 31.5 Å². The summed E-state index contributed by atoms with van der Waals surface area (Å²) in [6.07, 6.45) is 3.19. The quantitative estimate of drug-likeness (QED) is 0.308. The van der Waals surface area contributed by atoms with Gasteiger partial charge in [-0.2, -0.15) is 0 Å². The first-order valence-corrected chi connectivity index (χ1v) is 10.9. The van der Waals surface area contributed by atoms with Gasteiger partial charge in [-0.05, 0) is 65.6 Å². The standard InChI is InChI=1S/C26H23ClN2O4/c1-15(2)20-13-16(6-11-21(20)33-3)24(30)22-23(17-5-4-12-28-14-17)29(26(32)25(22)31)19-9-7-18(27)8-10-19/h4-15,23,30H,1-3H3/b24-22-. The Hall–Kier alpha value is -3.64. The molecule has 3 aromatic rings. The van der Waals surface area contributed by atoms with Gasteiger partial charge in [-0.15, -0.1) is 0 Å². The van der Waals surface area contributed by atoms with Crippen molar-refractivity contribution >= 4 is 34.7 Å². The molecule has 1 unspecified atom stereocenters. The number of rotatable bonds is 5. The zero-order valence-electron chi connectivity index (χ0n) is 18.4. The molecule has 1 aliphatic rings. The molecular formula is C26H23ClN2O4. The fourth-order valence-electron chi connectivity index (χ4n) is 4.04. The van der Waals surface area contributed by atoms with Crippen molar-refractivity contribution in [2.24, 2.45) is 0 Å². The lowest BCUT2D eigenvalue weighted by molar-refractivity contribution is -0.132. The molecule has 1 saturated heterocycles. The van der Waals surface area contributed by atoms with E-state index in [-0.39, 0.29) is 17.3 Å². The lowest BCUT2D eigenvalue weighted by Crippen LogP contribution is -2.29. The van der Waals surface area contributed by atoms with Crippen molar-refractivity contribution in [3.8, 4) is 5.75 Å². The van der Waals surface area contributed by atoms with E-state index < -0.39 is 17.7 Å². The van der Waals surface area contributed by atoms with Crippen LogP contribution in [0.2, 0.25) is 5.02 Å². The number of carbonyl (C=O) groups excluding carboxylic acids is 2. The molecule has 33 heavy (non-hydrogen) atoms. The number of benzene rings is 2. The average Bonchev–Trinajstić information content (AvgIpc) is 3.09. The molecule has 4 rings (SSSR count). The predicted octanol–water partition coefficient (Wildman–Crippen LogP) is 5.49. The Morgan fingerprint density at radius 3 is 2.45 bits per heavy atom. The number of halogens is 1. The minimum atomic E-state index is -0.843. The number of ketones is 1. The summed E-state index contributed by atoms with van der Waals surface area (Å²) in [5, 5.41) is 11.8. The zero-order chi connectivity index (χ0) is 23.7. The van der Waals surface area contributed by atoms with Gasteiger partial charge in [0.2, 0.25) is 0 Å². The minimum Gasteiger partial charge on any atom is -0.507 e. The Labute approximate surface area is 197 Å². The first-order valence-electron chi connectivity index (χ1n) is 10.5. The summed E-state index contributed by atoms with van der Waals surface area (Å²) in [7, 11) is 1.58. The Morgan fingerprint density at radius 1 is 1.12 bits per heavy atom. The van der Waals surface area contributed by atoms with Crippen molar-refractivity contribution in [1.82, 2.24) is 4.98 Å². The Balaban J connectivity index is 1.93. The van der Waals surface area contributed by atoms with Crippen LogP contribution in [0, 0.1) is 0 Å². The second kappa shape index (κ2) is 9.08. The van der Waals surface area contributed by atoms with Crippen LogP contribution >= 0.6 is 11.6 Å². The van der Waals surface area contributed by atoms with Crippen LogP contribution in [0.15, 0.2) is 72.6 Å². The van der Waals surface area contributed by atoms with Gasteiger partial charge in [0, 0.05) is 28.7 Å². The third-order valence-corrected chi connectivity index (χ3v) is 5.93. The monoisotopic (exact) mass is 462 g/mol. The zero-order valence-corrected chi connectivity index (χ0v) is 19.2. The summed E-state index contributed by atoms with van der Waals surface area (Å²) in [5.41, 5.74) is 2.41. The van der Waals surface area contributed by atoms with Crippen LogP contribution in [0.5, 0.6) is 5.75 Å². The molecule has 1 aliphatic heterocycles. The number of hydrogen-bond acceptors (Lipinski definition) is 5. The fraction of sp³-hybridized carbons (Fsp3) is 0.192. The van der Waals surface area contributed by atoms with Crippen molar-refractivity contribution in [3.05, 3.63) is 94.3 Å². The van der Waals surface area contributed by atoms with Gasteiger partial charge in [0.15, 0.2) is 0 Å². The summed E-state index contributed by atoms with van der Waals surface area (Å²) in [6.45, 7) is 4.02. The third-order valence-electron chi connectivity index (χ3n) is 5.67. The van der Waals surface area contributed by atoms with Crippen molar-refractivity contribution in [2.45, 2.75) is 25.8 Å². The smallest absolute Gasteiger partial charge is 0.300 e. The number of nitrogens with zero attached hydrogens (tertiary/aromatic N) is 2. The number of Topliss-reactive ketones (excluding diaryl/α,β-unsaturated/α-hetero) is 1. The molecular weight excluding hydrogens is 440 g/mol. The van der Waals surface area contributed by atoms with Crippen molar-refractivity contribution in [3.63, 3.8) is 0 Å². The molecule has 0 aliphatic carbocycles. The molecule has 0 spiro atoms. The van der Waals surface area contributed by atoms with Gasteiger partial charge in [0.05, 0.1) is 18.7 Å². The van der Waals surface area contributed by atoms with Crippen LogP contribution in [0.25, 0.3) is 5.76 Å². The highest BCUT2D eigenvalue weighted by molar-refractivity contribution is 6.51. The Bertz CT molecular complexity index is 1240. The molecule has 1 N–H and O–H groups in total. The number of methoxy groups -OCH3 is 1. The number of aromatic nitrogens is 1. The highest BCUT2D eigenvalue weighted by atomic mass is 35.5. The summed E-state index contributed by atoms with van der Waals surface area (Å²) >= 11 is 6.02. The van der Waals surface area contributed by atoms with Crippen molar-refractivity contribution in [2.75, 3.05) is 12.0 Å². The van der Waals surface area contributed by atoms with Gasteiger partial charge >= 0.3 is 0 Å². The van der Waals surface area contributed by atoms with E-state index in [1.54, 1.807) is 74.1 Å². The maximum absolute atomic E-state index is 13.2. The van der Waals surface area contributed by atoms with Crippen molar-refractivity contribution in [1.29, 1.82) is 0 Å². The SMILES string of the molecule is COc1ccc(/C(O)=C2/C(=O)C(=O)N(c3ccc(Cl)cc3)C2c2cccnc2)cc1C(C)C. The molecule has 2 heterocycles. The second-order valence-corrected chi connectivity index (χ2v) is 8.48. The lowest BCUT2D eigenvalue weighted by Gasteiger charge is -2.25. The number of pyridine rings is 1. The maximum atomic E-state index is 13.2. The largest absolute Gasteiger partial charge is 0.507 e. The molecule has 0 radical (unpaired) electrons. The second-order valence-electron chi connectivity index (χ2n) is 8.04. The first kappa shape index (κ1) is 22.6. The molecule has 2 aromatic carbocycles. The molecule has 168 valence electrons. The van der Waals surface area contributed by atoms with E-state index in [2.05, 4.69) is 4.98 Å². The Kier molecular flexibility index (Phi) is 6.20. The van der Waals surface area contributed by atoms with Crippen LogP contribution in [0.4, 0.5) is 5.69 Å². The molecule has 1 fully saturated rings. The number of carbonyl (C=O) groups is 2. The van der Waals surface area contributed by atoms with Gasteiger partial charge in [-0.25, -0.2) is 0 Å². The molecule has 1 amide bonds. The summed E-state index contributed by atoms with van der Waals surface area (Å²) in [6, 6.07) is 14.5. The fourth-order valence-corrected chi connectivity index (χ4v) is 4.17. The molecule has 1 aromatic heterocycles. The minimum absolute atomic E-state index is 0.00261. The summed E-state index contributed by atoms with van der Waals surface area (Å²) in [5.74, 6) is -0.933. The molecule has 0 saturated carbocycles. The van der Waals surface area contributed by atoms with E-state index in [9.17, 15) is 14.7 Å². The number of aliphatic hydroxyl groups is 1. The number of amides is 1. The number of ether oxygens (including phenoxy) is 1. The molecule has 1 atom stereocenters. The summed E-state index contributed by atoms with van der Waals surface area (Å²) in [4.78, 5) is 31.9. The van der Waals surface area contributed by atoms with Crippen LogP contribution in [-0.4, -0.2) is 28.9 Å². The average molecular weight is 463 g/mol. The van der Waals surface area contributed by atoms with Crippen LogP contribution in [-0.2, 0) is 9.59 Å². The number of anilines is 1. The van der Waals surface area contributed by atoms with Gasteiger partial charge in [-0.3, -0.25) is 19.5 Å². The van der Waals surface area contributed by atoms with E-state index >= 15 is 0 Å².